The SMILES string of the molecule is O=C(O)c1cnn(-c2cc(F)cc(F)c2)c1. The molecule has 0 bridgehead atoms. The van der Waals surface area contributed by atoms with Crippen molar-refractivity contribution in [2.24, 2.45) is 0 Å². The van der Waals surface area contributed by atoms with Gasteiger partial charge in [0.2, 0.25) is 0 Å². The van der Waals surface area contributed by atoms with E-state index in [0.29, 0.717) is 0 Å². The van der Waals surface area contributed by atoms with Gasteiger partial charge in [-0.2, -0.15) is 5.10 Å². The first kappa shape index (κ1) is 10.3. The highest BCUT2D eigenvalue weighted by atomic mass is 19.1. The van der Waals surface area contributed by atoms with Gasteiger partial charge in [0.1, 0.15) is 11.6 Å². The van der Waals surface area contributed by atoms with Gasteiger partial charge in [0.25, 0.3) is 0 Å². The highest BCUT2D eigenvalue weighted by molar-refractivity contribution is 5.86. The molecule has 1 aromatic carbocycles. The molecule has 0 unspecified atom stereocenters. The third-order valence-electron chi connectivity index (χ3n) is 1.94. The van der Waals surface area contributed by atoms with Crippen LogP contribution in [-0.4, -0.2) is 20.9 Å². The Morgan fingerprint density at radius 2 is 1.88 bits per heavy atom. The molecule has 4 nitrogen and oxygen atoms in total. The molecule has 16 heavy (non-hydrogen) atoms. The van der Waals surface area contributed by atoms with Crippen molar-refractivity contribution in [2.75, 3.05) is 0 Å². The van der Waals surface area contributed by atoms with E-state index in [4.69, 9.17) is 5.11 Å². The summed E-state index contributed by atoms with van der Waals surface area (Å²) in [5.41, 5.74) is 0.0784. The van der Waals surface area contributed by atoms with Crippen molar-refractivity contribution in [1.29, 1.82) is 0 Å². The predicted octanol–water partition coefficient (Wildman–Crippen LogP) is 1.85. The Labute approximate surface area is 88.7 Å². The second-order valence-corrected chi connectivity index (χ2v) is 3.11. The van der Waals surface area contributed by atoms with Gasteiger partial charge in [-0.15, -0.1) is 0 Å². The summed E-state index contributed by atoms with van der Waals surface area (Å²) in [6.07, 6.45) is 2.28. The third-order valence-corrected chi connectivity index (χ3v) is 1.94. The first-order valence-electron chi connectivity index (χ1n) is 4.31. The molecule has 1 aromatic heterocycles. The van der Waals surface area contributed by atoms with Gasteiger partial charge in [0.15, 0.2) is 0 Å². The Morgan fingerprint density at radius 1 is 1.25 bits per heavy atom. The molecule has 0 spiro atoms. The average molecular weight is 224 g/mol. The van der Waals surface area contributed by atoms with E-state index in [0.717, 1.165) is 29.1 Å². The Morgan fingerprint density at radius 3 is 2.38 bits per heavy atom. The molecule has 1 heterocycles. The predicted molar refractivity (Wildman–Crippen MR) is 50.4 cm³/mol. The summed E-state index contributed by atoms with van der Waals surface area (Å²) in [6, 6.07) is 2.84. The fraction of sp³-hybridized carbons (Fsp3) is 0. The van der Waals surface area contributed by atoms with Crippen LogP contribution in [0.5, 0.6) is 0 Å². The molecule has 1 N–H and O–H groups in total. The monoisotopic (exact) mass is 224 g/mol. The number of hydrogen-bond donors (Lipinski definition) is 1. The van der Waals surface area contributed by atoms with Crippen LogP contribution in [0.15, 0.2) is 30.6 Å². The van der Waals surface area contributed by atoms with Crippen molar-refractivity contribution >= 4 is 5.97 Å². The zero-order valence-electron chi connectivity index (χ0n) is 7.89. The quantitative estimate of drug-likeness (QED) is 0.846. The number of nitrogens with zero attached hydrogens (tertiary/aromatic N) is 2. The van der Waals surface area contributed by atoms with Gasteiger partial charge in [-0.1, -0.05) is 0 Å². The first-order valence-corrected chi connectivity index (χ1v) is 4.31. The van der Waals surface area contributed by atoms with Crippen LogP contribution in [0.4, 0.5) is 8.78 Å². The smallest absolute Gasteiger partial charge is 0.338 e. The van der Waals surface area contributed by atoms with Crippen LogP contribution in [-0.2, 0) is 0 Å². The lowest BCUT2D eigenvalue weighted by Crippen LogP contribution is -1.97. The van der Waals surface area contributed by atoms with E-state index < -0.39 is 17.6 Å². The van der Waals surface area contributed by atoms with Crippen molar-refractivity contribution < 1.29 is 18.7 Å². The molecule has 82 valence electrons. The van der Waals surface area contributed by atoms with Gasteiger partial charge in [-0.25, -0.2) is 18.3 Å². The van der Waals surface area contributed by atoms with Gasteiger partial charge in [0.05, 0.1) is 17.4 Å². The summed E-state index contributed by atoms with van der Waals surface area (Å²) in [5, 5.41) is 12.3. The summed E-state index contributed by atoms with van der Waals surface area (Å²) in [6.45, 7) is 0. The summed E-state index contributed by atoms with van der Waals surface area (Å²) < 4.78 is 26.9. The topological polar surface area (TPSA) is 55.1 Å². The maximum absolute atomic E-state index is 12.9. The molecule has 0 amide bonds. The summed E-state index contributed by atoms with van der Waals surface area (Å²) in [7, 11) is 0. The zero-order valence-corrected chi connectivity index (χ0v) is 7.89. The minimum absolute atomic E-state index is 0.0512. The van der Waals surface area contributed by atoms with E-state index in [1.807, 2.05) is 0 Å². The number of aromatic carboxylic acids is 1. The third kappa shape index (κ3) is 1.90. The van der Waals surface area contributed by atoms with Gasteiger partial charge >= 0.3 is 5.97 Å². The molecule has 0 radical (unpaired) electrons. The average Bonchev–Trinajstić information content (AvgIpc) is 2.64. The van der Waals surface area contributed by atoms with Crippen LogP contribution < -0.4 is 0 Å². The highest BCUT2D eigenvalue weighted by Gasteiger charge is 2.08. The number of carboxylic acid groups (broad SMARTS) is 1. The first-order chi connectivity index (χ1) is 7.56. The molecule has 2 rings (SSSR count). The number of carboxylic acids is 1. The molecule has 2 aromatic rings. The molecule has 0 aliphatic carbocycles. The van der Waals surface area contributed by atoms with Gasteiger partial charge in [-0.3, -0.25) is 0 Å². The van der Waals surface area contributed by atoms with Crippen molar-refractivity contribution in [3.63, 3.8) is 0 Å². The number of halogens is 2. The number of carbonyl (C=O) groups is 1. The number of aromatic nitrogens is 2. The number of hydrogen-bond acceptors (Lipinski definition) is 2. The van der Waals surface area contributed by atoms with Crippen LogP contribution >= 0.6 is 0 Å². The van der Waals surface area contributed by atoms with E-state index in [2.05, 4.69) is 5.10 Å². The maximum Gasteiger partial charge on any atom is 0.338 e. The summed E-state index contributed by atoms with van der Waals surface area (Å²) in [5.74, 6) is -2.65. The second kappa shape index (κ2) is 3.73. The number of rotatable bonds is 2. The van der Waals surface area contributed by atoms with E-state index in [9.17, 15) is 13.6 Å². The molecular formula is C10H6F2N2O2. The van der Waals surface area contributed by atoms with Crippen molar-refractivity contribution in [3.05, 3.63) is 47.8 Å². The highest BCUT2D eigenvalue weighted by Crippen LogP contribution is 2.12. The fourth-order valence-electron chi connectivity index (χ4n) is 1.25. The lowest BCUT2D eigenvalue weighted by molar-refractivity contribution is 0.0697. The van der Waals surface area contributed by atoms with Crippen molar-refractivity contribution in [2.45, 2.75) is 0 Å². The lowest BCUT2D eigenvalue weighted by atomic mass is 10.3. The molecule has 0 aliphatic heterocycles. The van der Waals surface area contributed by atoms with Crippen LogP contribution in [0, 0.1) is 11.6 Å². The van der Waals surface area contributed by atoms with E-state index in [1.54, 1.807) is 0 Å². The van der Waals surface area contributed by atoms with Crippen molar-refractivity contribution in [3.8, 4) is 5.69 Å². The zero-order chi connectivity index (χ0) is 11.7. The molecule has 0 saturated heterocycles. The second-order valence-electron chi connectivity index (χ2n) is 3.11. The molecule has 0 atom stereocenters. The maximum atomic E-state index is 12.9. The minimum Gasteiger partial charge on any atom is -0.478 e. The van der Waals surface area contributed by atoms with E-state index in [1.165, 1.54) is 6.20 Å². The summed E-state index contributed by atoms with van der Waals surface area (Å²) >= 11 is 0. The van der Waals surface area contributed by atoms with Gasteiger partial charge < -0.3 is 5.11 Å². The molecule has 6 heteroatoms. The van der Waals surface area contributed by atoms with Crippen molar-refractivity contribution in [1.82, 2.24) is 9.78 Å². The largest absolute Gasteiger partial charge is 0.478 e. The Kier molecular flexibility index (Phi) is 2.40. The Hall–Kier alpha value is -2.24. The van der Waals surface area contributed by atoms with Gasteiger partial charge in [-0.05, 0) is 12.1 Å². The lowest BCUT2D eigenvalue weighted by Gasteiger charge is -2.01. The molecular weight excluding hydrogens is 218 g/mol. The Balaban J connectivity index is 2.46. The van der Waals surface area contributed by atoms with E-state index >= 15 is 0 Å². The standard InChI is InChI=1S/C10H6F2N2O2/c11-7-1-8(12)3-9(2-7)14-5-6(4-13-14)10(15)16/h1-5H,(H,15,16). The molecule has 0 saturated carbocycles. The minimum atomic E-state index is -1.15. The van der Waals surface area contributed by atoms with Crippen LogP contribution in [0.3, 0.4) is 0 Å². The van der Waals surface area contributed by atoms with E-state index in [-0.39, 0.29) is 11.3 Å². The molecule has 0 fully saturated rings. The van der Waals surface area contributed by atoms with Crippen LogP contribution in [0.1, 0.15) is 10.4 Å². The Bertz CT molecular complexity index is 531. The fourth-order valence-corrected chi connectivity index (χ4v) is 1.25. The van der Waals surface area contributed by atoms with Crippen LogP contribution in [0.2, 0.25) is 0 Å². The number of benzene rings is 1. The van der Waals surface area contributed by atoms with Gasteiger partial charge in [0, 0.05) is 12.3 Å². The summed E-state index contributed by atoms with van der Waals surface area (Å²) in [4.78, 5) is 10.6. The normalized spacial score (nSPS) is 10.4. The van der Waals surface area contributed by atoms with Crippen LogP contribution in [0.25, 0.3) is 5.69 Å². The molecule has 0 aliphatic rings.